The predicted molar refractivity (Wildman–Crippen MR) is 117 cm³/mol. The lowest BCUT2D eigenvalue weighted by Gasteiger charge is -2.26. The highest BCUT2D eigenvalue weighted by atomic mass is 16.5. The molecule has 1 heterocycles. The lowest BCUT2D eigenvalue weighted by atomic mass is 10.2. The van der Waals surface area contributed by atoms with Crippen LogP contribution in [0.2, 0.25) is 0 Å². The molecule has 2 N–H and O–H groups in total. The number of nitrogens with zero attached hydrogens (tertiary/aromatic N) is 1. The zero-order valence-corrected chi connectivity index (χ0v) is 17.0. The zero-order valence-electron chi connectivity index (χ0n) is 17.0. The van der Waals surface area contributed by atoms with Crippen molar-refractivity contribution in [3.8, 4) is 0 Å². The molecule has 0 saturated carbocycles. The average Bonchev–Trinajstić information content (AvgIpc) is 2.88. The van der Waals surface area contributed by atoms with Crippen LogP contribution in [0.25, 0.3) is 0 Å². The third-order valence-electron chi connectivity index (χ3n) is 4.81. The Labute approximate surface area is 172 Å². The Bertz CT molecular complexity index is 916. The van der Waals surface area contributed by atoms with Crippen molar-refractivity contribution in [3.63, 3.8) is 0 Å². The number of benzene rings is 2. The van der Waals surface area contributed by atoms with Crippen molar-refractivity contribution >= 4 is 11.6 Å². The van der Waals surface area contributed by atoms with Crippen molar-refractivity contribution in [2.45, 2.75) is 13.5 Å². The number of ether oxygens (including phenoxy) is 1. The lowest BCUT2D eigenvalue weighted by Crippen LogP contribution is -2.47. The van der Waals surface area contributed by atoms with Crippen LogP contribution in [0.4, 0.5) is 5.69 Å². The number of nitrogens with one attached hydrogen (secondary N) is 2. The van der Waals surface area contributed by atoms with Crippen molar-refractivity contribution in [2.75, 3.05) is 26.7 Å². The van der Waals surface area contributed by atoms with Gasteiger partial charge in [0.25, 0.3) is 0 Å². The van der Waals surface area contributed by atoms with Gasteiger partial charge in [-0.3, -0.25) is 0 Å². The molecule has 29 heavy (non-hydrogen) atoms. The number of carbonyl (C=O) groups excluding carboxylic acids is 1. The van der Waals surface area contributed by atoms with Gasteiger partial charge in [0, 0.05) is 31.3 Å². The van der Waals surface area contributed by atoms with Gasteiger partial charge in [-0.25, -0.2) is 4.79 Å². The number of rotatable bonds is 9. The molecule has 1 aliphatic rings. The number of quaternary nitrogens is 1. The second-order valence-corrected chi connectivity index (χ2v) is 6.95. The van der Waals surface area contributed by atoms with Gasteiger partial charge in [-0.15, -0.1) is 0 Å². The number of hydrogen-bond donors (Lipinski definition) is 2. The van der Waals surface area contributed by atoms with Gasteiger partial charge in [0.05, 0.1) is 12.7 Å². The van der Waals surface area contributed by atoms with Crippen LogP contribution in [-0.2, 0) is 16.1 Å². The molecule has 150 valence electrons. The summed E-state index contributed by atoms with van der Waals surface area (Å²) in [5.74, 6) is 0.178. The van der Waals surface area contributed by atoms with E-state index in [1.54, 1.807) is 12.3 Å². The molecule has 1 amide bonds. The minimum Gasteiger partial charge on any atom is -0.479 e. The van der Waals surface area contributed by atoms with Crippen molar-refractivity contribution in [3.05, 3.63) is 95.7 Å². The van der Waals surface area contributed by atoms with E-state index < -0.39 is 0 Å². The lowest BCUT2D eigenvalue weighted by molar-refractivity contribution is -0.127. The molecule has 5 heteroatoms. The normalized spacial score (nSPS) is 18.6. The molecule has 0 bridgehead atoms. The summed E-state index contributed by atoms with van der Waals surface area (Å²) in [4.78, 5) is 13.6. The number of para-hydroxylation sites is 1. The van der Waals surface area contributed by atoms with Gasteiger partial charge in [0.15, 0.2) is 6.20 Å². The number of hydrogen-bond acceptors (Lipinski definition) is 4. The predicted octanol–water partition coefficient (Wildman–Crippen LogP) is 3.46. The van der Waals surface area contributed by atoms with Crippen molar-refractivity contribution < 1.29 is 9.53 Å². The SMILES string of the molecule is CCNCCNC1=C(OCc2ccccc2)C(=O)[N+](C)(c2ccccc2)C=C=C1. The van der Waals surface area contributed by atoms with Crippen LogP contribution in [0.5, 0.6) is 0 Å². The van der Waals surface area contributed by atoms with Gasteiger partial charge in [-0.2, -0.15) is 4.48 Å². The molecular formula is C24H28N3O2+. The van der Waals surface area contributed by atoms with Crippen LogP contribution in [-0.4, -0.2) is 32.6 Å². The van der Waals surface area contributed by atoms with Crippen LogP contribution in [0, 0.1) is 0 Å². The van der Waals surface area contributed by atoms with Gasteiger partial charge in [0.2, 0.25) is 5.76 Å². The summed E-state index contributed by atoms with van der Waals surface area (Å²) in [7, 11) is 1.85. The standard InChI is InChI=1S/C24H27N3O2/c1-3-25-16-17-26-22-15-10-18-27(2,21-13-8-5-9-14-21)24(28)23(22)29-19-20-11-6-4-7-12-20/h4-9,11-15,18,25H,3,16-17,19H2,1-2H3/p+1. The number of carbonyl (C=O) groups is 1. The molecule has 5 nitrogen and oxygen atoms in total. The summed E-state index contributed by atoms with van der Waals surface area (Å²) < 4.78 is 6.05. The van der Waals surface area contributed by atoms with Gasteiger partial charge < -0.3 is 15.4 Å². The number of amides is 1. The Hall–Kier alpha value is -3.11. The molecule has 2 aromatic rings. The Balaban J connectivity index is 1.91. The first-order valence-corrected chi connectivity index (χ1v) is 9.91. The third kappa shape index (κ3) is 5.04. The summed E-state index contributed by atoms with van der Waals surface area (Å²) >= 11 is 0. The summed E-state index contributed by atoms with van der Waals surface area (Å²) in [5, 5.41) is 6.60. The van der Waals surface area contributed by atoms with Crippen molar-refractivity contribution in [1.29, 1.82) is 0 Å². The molecule has 0 aromatic heterocycles. The van der Waals surface area contributed by atoms with Gasteiger partial charge in [-0.1, -0.05) is 61.2 Å². The largest absolute Gasteiger partial charge is 0.479 e. The van der Waals surface area contributed by atoms with Crippen LogP contribution >= 0.6 is 0 Å². The van der Waals surface area contributed by atoms with Crippen LogP contribution < -0.4 is 15.1 Å². The molecule has 0 aliphatic carbocycles. The van der Waals surface area contributed by atoms with Crippen LogP contribution in [0.15, 0.2) is 90.1 Å². The average molecular weight is 391 g/mol. The van der Waals surface area contributed by atoms with Crippen LogP contribution in [0.3, 0.4) is 0 Å². The Morgan fingerprint density at radius 3 is 2.38 bits per heavy atom. The molecule has 3 rings (SSSR count). The van der Waals surface area contributed by atoms with Gasteiger partial charge in [0.1, 0.15) is 12.3 Å². The van der Waals surface area contributed by atoms with E-state index in [1.165, 1.54) is 0 Å². The van der Waals surface area contributed by atoms with Crippen molar-refractivity contribution in [2.24, 2.45) is 0 Å². The molecule has 0 fully saturated rings. The van der Waals surface area contributed by atoms with Crippen LogP contribution in [0.1, 0.15) is 12.5 Å². The van der Waals surface area contributed by atoms with Gasteiger partial charge in [-0.05, 0) is 12.1 Å². The topological polar surface area (TPSA) is 50.4 Å². The highest BCUT2D eigenvalue weighted by Gasteiger charge is 2.39. The quantitative estimate of drug-likeness (QED) is 0.391. The zero-order chi connectivity index (χ0) is 20.5. The number of likely N-dealkylation sites (N-methyl/N-ethyl adjacent to an activating group) is 2. The fourth-order valence-corrected chi connectivity index (χ4v) is 3.11. The molecule has 0 spiro atoms. The maximum atomic E-state index is 13.6. The molecular weight excluding hydrogens is 362 g/mol. The minimum atomic E-state index is -0.140. The smallest absolute Gasteiger partial charge is 0.392 e. The Kier molecular flexibility index (Phi) is 7.04. The first-order chi connectivity index (χ1) is 14.1. The Morgan fingerprint density at radius 1 is 1.00 bits per heavy atom. The van der Waals surface area contributed by atoms with E-state index in [-0.39, 0.29) is 10.4 Å². The second-order valence-electron chi connectivity index (χ2n) is 6.95. The second kappa shape index (κ2) is 9.89. The fraction of sp³-hybridized carbons (Fsp3) is 0.250. The summed E-state index contributed by atoms with van der Waals surface area (Å²) in [5.41, 5.74) is 5.68. The highest BCUT2D eigenvalue weighted by molar-refractivity contribution is 6.02. The maximum absolute atomic E-state index is 13.6. The minimum absolute atomic E-state index is 0.0418. The molecule has 1 atom stereocenters. The summed E-state index contributed by atoms with van der Waals surface area (Å²) in [6.07, 6.45) is 3.55. The van der Waals surface area contributed by atoms with E-state index in [4.69, 9.17) is 4.74 Å². The van der Waals surface area contributed by atoms with E-state index in [0.717, 1.165) is 24.3 Å². The summed E-state index contributed by atoms with van der Waals surface area (Å²) in [6, 6.07) is 19.5. The first-order valence-electron chi connectivity index (χ1n) is 9.91. The summed E-state index contributed by atoms with van der Waals surface area (Å²) in [6.45, 7) is 4.76. The third-order valence-corrected chi connectivity index (χ3v) is 4.81. The first kappa shape index (κ1) is 20.6. The monoisotopic (exact) mass is 390 g/mol. The van der Waals surface area contributed by atoms with Crippen molar-refractivity contribution in [1.82, 2.24) is 15.1 Å². The van der Waals surface area contributed by atoms with E-state index >= 15 is 0 Å². The molecule has 0 radical (unpaired) electrons. The van der Waals surface area contributed by atoms with E-state index in [2.05, 4.69) is 23.3 Å². The van der Waals surface area contributed by atoms with Gasteiger partial charge >= 0.3 is 5.91 Å². The molecule has 1 unspecified atom stereocenters. The maximum Gasteiger partial charge on any atom is 0.392 e. The number of allylic oxidation sites excluding steroid dienone is 1. The fourth-order valence-electron chi connectivity index (χ4n) is 3.11. The highest BCUT2D eigenvalue weighted by Crippen LogP contribution is 2.27. The molecule has 2 aromatic carbocycles. The van der Waals surface area contributed by atoms with E-state index in [1.807, 2.05) is 67.7 Å². The Morgan fingerprint density at radius 2 is 1.69 bits per heavy atom. The molecule has 0 saturated heterocycles. The van der Waals surface area contributed by atoms with E-state index in [0.29, 0.717) is 24.6 Å². The molecule has 1 aliphatic heterocycles. The van der Waals surface area contributed by atoms with E-state index in [9.17, 15) is 4.79 Å².